The van der Waals surface area contributed by atoms with Crippen LogP contribution in [0.4, 0.5) is 0 Å². The van der Waals surface area contributed by atoms with Crippen LogP contribution < -0.4 is 5.30 Å². The molecule has 0 bridgehead atoms. The van der Waals surface area contributed by atoms with Crippen molar-refractivity contribution in [2.45, 2.75) is 0 Å². The summed E-state index contributed by atoms with van der Waals surface area (Å²) in [5.41, 5.74) is 0.598. The maximum atomic E-state index is 10.9. The van der Waals surface area contributed by atoms with E-state index in [1.165, 1.54) is 18.2 Å². The van der Waals surface area contributed by atoms with Crippen LogP contribution >= 0.6 is 18.4 Å². The summed E-state index contributed by atoms with van der Waals surface area (Å²) in [7, 11) is -2.36. The zero-order valence-electron chi connectivity index (χ0n) is 6.41. The molecule has 0 spiro atoms. The van der Waals surface area contributed by atoms with Crippen molar-refractivity contribution < 1.29 is 4.57 Å². The van der Waals surface area contributed by atoms with Crippen LogP contribution in [0.5, 0.6) is 0 Å². The Hall–Kier alpha value is -1.28. The molecule has 3 nitrogen and oxygen atoms in total. The predicted molar refractivity (Wildman–Crippen MR) is 50.4 cm³/mol. The molecule has 0 heterocycles. The fourth-order valence-electron chi connectivity index (χ4n) is 0.870. The SMILES string of the molecule is N#Cc1cc(C#N)cc([PH](=O)Cl)c1. The first-order chi connectivity index (χ1) is 6.17. The maximum Gasteiger partial charge on any atom is 0.186 e. The van der Waals surface area contributed by atoms with E-state index in [2.05, 4.69) is 0 Å². The lowest BCUT2D eigenvalue weighted by molar-refractivity contribution is 0.600. The zero-order chi connectivity index (χ0) is 9.84. The molecule has 0 radical (unpaired) electrons. The van der Waals surface area contributed by atoms with Gasteiger partial charge in [0.1, 0.15) is 0 Å². The monoisotopic (exact) mass is 210 g/mol. The van der Waals surface area contributed by atoms with Gasteiger partial charge >= 0.3 is 0 Å². The molecule has 0 aliphatic rings. The molecular weight excluding hydrogens is 207 g/mol. The molecule has 1 aromatic carbocycles. The van der Waals surface area contributed by atoms with E-state index in [1.54, 1.807) is 0 Å². The molecule has 0 N–H and O–H groups in total. The van der Waals surface area contributed by atoms with Gasteiger partial charge in [0, 0.05) is 5.30 Å². The molecule has 1 atom stereocenters. The highest BCUT2D eigenvalue weighted by Gasteiger charge is 2.03. The minimum absolute atomic E-state index is 0.299. The molecule has 0 saturated carbocycles. The Labute approximate surface area is 80.7 Å². The second-order valence-electron chi connectivity index (χ2n) is 2.30. The topological polar surface area (TPSA) is 64.7 Å². The Morgan fingerprint density at radius 1 is 1.15 bits per heavy atom. The van der Waals surface area contributed by atoms with Gasteiger partial charge < -0.3 is 4.57 Å². The maximum absolute atomic E-state index is 10.9. The van der Waals surface area contributed by atoms with Crippen LogP contribution in [0.25, 0.3) is 0 Å². The normalized spacial score (nSPS) is 11.3. The van der Waals surface area contributed by atoms with Crippen molar-refractivity contribution in [2.24, 2.45) is 0 Å². The number of halogens is 1. The van der Waals surface area contributed by atoms with Gasteiger partial charge in [-0.2, -0.15) is 10.5 Å². The van der Waals surface area contributed by atoms with Gasteiger partial charge in [-0.15, -0.1) is 0 Å². The first-order valence-electron chi connectivity index (χ1n) is 3.32. The van der Waals surface area contributed by atoms with Gasteiger partial charge in [-0.1, -0.05) is 11.2 Å². The number of rotatable bonds is 1. The molecule has 5 heteroatoms. The number of hydrogen-bond donors (Lipinski definition) is 0. The number of benzene rings is 1. The highest BCUT2D eigenvalue weighted by molar-refractivity contribution is 7.80. The summed E-state index contributed by atoms with van der Waals surface area (Å²) in [6.07, 6.45) is 0. The summed E-state index contributed by atoms with van der Waals surface area (Å²) in [4.78, 5) is 0. The Kier molecular flexibility index (Phi) is 3.09. The van der Waals surface area contributed by atoms with Crippen molar-refractivity contribution in [2.75, 3.05) is 0 Å². The summed E-state index contributed by atoms with van der Waals surface area (Å²) < 4.78 is 10.9. The van der Waals surface area contributed by atoms with E-state index in [1.807, 2.05) is 12.1 Å². The van der Waals surface area contributed by atoms with Crippen LogP contribution in [0.3, 0.4) is 0 Å². The van der Waals surface area contributed by atoms with Gasteiger partial charge in [0.15, 0.2) is 7.15 Å². The van der Waals surface area contributed by atoms with E-state index in [9.17, 15) is 4.57 Å². The molecule has 0 amide bonds. The van der Waals surface area contributed by atoms with Crippen molar-refractivity contribution in [3.05, 3.63) is 29.3 Å². The van der Waals surface area contributed by atoms with Crippen LogP contribution in [-0.4, -0.2) is 0 Å². The molecule has 1 rings (SSSR count). The van der Waals surface area contributed by atoms with Crippen molar-refractivity contribution in [3.63, 3.8) is 0 Å². The molecular formula is C8H4ClN2OP. The molecule has 1 unspecified atom stereocenters. The van der Waals surface area contributed by atoms with Crippen molar-refractivity contribution >= 4 is 23.7 Å². The Bertz CT molecular complexity index is 412. The van der Waals surface area contributed by atoms with Crippen molar-refractivity contribution in [3.8, 4) is 12.1 Å². The Morgan fingerprint density at radius 3 is 1.92 bits per heavy atom. The van der Waals surface area contributed by atoms with E-state index in [4.69, 9.17) is 21.8 Å². The minimum Gasteiger partial charge on any atom is -0.305 e. The van der Waals surface area contributed by atoms with E-state index in [0.717, 1.165) is 0 Å². The molecule has 0 aliphatic carbocycles. The first-order valence-corrected chi connectivity index (χ1v) is 5.74. The van der Waals surface area contributed by atoms with Crippen molar-refractivity contribution in [1.82, 2.24) is 0 Å². The third-order valence-corrected chi connectivity index (χ3v) is 2.82. The van der Waals surface area contributed by atoms with Crippen LogP contribution in [0, 0.1) is 22.7 Å². The lowest BCUT2D eigenvalue weighted by atomic mass is 10.1. The fraction of sp³-hybridized carbons (Fsp3) is 0. The van der Waals surface area contributed by atoms with Crippen LogP contribution in [-0.2, 0) is 4.57 Å². The van der Waals surface area contributed by atoms with Crippen LogP contribution in [0.1, 0.15) is 11.1 Å². The molecule has 64 valence electrons. The lowest BCUT2D eigenvalue weighted by Gasteiger charge is -1.96. The number of nitrogens with zero attached hydrogens (tertiary/aromatic N) is 2. The molecule has 0 aliphatic heterocycles. The largest absolute Gasteiger partial charge is 0.305 e. The van der Waals surface area contributed by atoms with Gasteiger partial charge in [-0.25, -0.2) is 0 Å². The second-order valence-corrected chi connectivity index (χ2v) is 4.45. The highest BCUT2D eigenvalue weighted by Crippen LogP contribution is 2.26. The summed E-state index contributed by atoms with van der Waals surface area (Å²) >= 11 is 5.39. The quantitative estimate of drug-likeness (QED) is 0.664. The minimum atomic E-state index is -2.36. The van der Waals surface area contributed by atoms with Gasteiger partial charge in [-0.05, 0) is 18.2 Å². The number of hydrogen-bond acceptors (Lipinski definition) is 3. The zero-order valence-corrected chi connectivity index (χ0v) is 8.17. The van der Waals surface area contributed by atoms with E-state index >= 15 is 0 Å². The van der Waals surface area contributed by atoms with E-state index < -0.39 is 7.15 Å². The summed E-state index contributed by atoms with van der Waals surface area (Å²) in [6, 6.07) is 8.00. The van der Waals surface area contributed by atoms with Crippen molar-refractivity contribution in [1.29, 1.82) is 10.5 Å². The van der Waals surface area contributed by atoms with Crippen LogP contribution in [0.15, 0.2) is 18.2 Å². The Balaban J connectivity index is 3.35. The van der Waals surface area contributed by atoms with Gasteiger partial charge in [-0.3, -0.25) is 0 Å². The molecule has 13 heavy (non-hydrogen) atoms. The summed E-state index contributed by atoms with van der Waals surface area (Å²) in [6.45, 7) is 0. The molecule has 0 saturated heterocycles. The predicted octanol–water partition coefficient (Wildman–Crippen LogP) is 1.77. The van der Waals surface area contributed by atoms with Gasteiger partial charge in [0.2, 0.25) is 0 Å². The lowest BCUT2D eigenvalue weighted by Crippen LogP contribution is -1.96. The second kappa shape index (κ2) is 4.10. The third kappa shape index (κ3) is 2.33. The van der Waals surface area contributed by atoms with Gasteiger partial charge in [0.25, 0.3) is 0 Å². The number of nitriles is 2. The average Bonchev–Trinajstić information content (AvgIpc) is 2.16. The standard InChI is InChI=1S/C8H4ClN2OP/c9-13(12)8-2-6(4-10)1-7(3-8)5-11/h1-3,13H. The molecule has 0 fully saturated rings. The third-order valence-electron chi connectivity index (χ3n) is 1.42. The molecule has 0 aromatic heterocycles. The smallest absolute Gasteiger partial charge is 0.186 e. The van der Waals surface area contributed by atoms with E-state index in [0.29, 0.717) is 16.4 Å². The van der Waals surface area contributed by atoms with Gasteiger partial charge in [0.05, 0.1) is 23.3 Å². The van der Waals surface area contributed by atoms with E-state index in [-0.39, 0.29) is 0 Å². The summed E-state index contributed by atoms with van der Waals surface area (Å²) in [5.74, 6) is 0. The van der Waals surface area contributed by atoms with Crippen LogP contribution in [0.2, 0.25) is 0 Å². The summed E-state index contributed by atoms with van der Waals surface area (Å²) in [5, 5.41) is 17.5. The first kappa shape index (κ1) is 9.81. The highest BCUT2D eigenvalue weighted by atomic mass is 35.7. The molecule has 1 aromatic rings. The fourth-order valence-corrected chi connectivity index (χ4v) is 1.74. The average molecular weight is 211 g/mol. The Morgan fingerprint density at radius 2 is 1.62 bits per heavy atom.